The topological polar surface area (TPSA) is 75.4 Å². The molecule has 1 aliphatic carbocycles. The summed E-state index contributed by atoms with van der Waals surface area (Å²) in [6, 6.07) is 0.285. The van der Waals surface area contributed by atoms with Crippen molar-refractivity contribution in [3.8, 4) is 0 Å². The minimum Gasteiger partial charge on any atom is -0.361 e. The minimum atomic E-state index is 0.00775. The van der Waals surface area contributed by atoms with E-state index in [2.05, 4.69) is 22.3 Å². The second-order valence-corrected chi connectivity index (χ2v) is 7.61. The van der Waals surface area contributed by atoms with Crippen molar-refractivity contribution < 1.29 is 14.1 Å². The molecule has 25 heavy (non-hydrogen) atoms. The minimum absolute atomic E-state index is 0.00775. The Kier molecular flexibility index (Phi) is 5.16. The second-order valence-electron chi connectivity index (χ2n) is 7.61. The van der Waals surface area contributed by atoms with Crippen LogP contribution >= 0.6 is 0 Å². The maximum Gasteiger partial charge on any atom is 0.224 e. The Morgan fingerprint density at radius 3 is 2.88 bits per heavy atom. The number of hydrogen-bond donors (Lipinski definition) is 1. The van der Waals surface area contributed by atoms with Crippen LogP contribution in [0.5, 0.6) is 0 Å². The van der Waals surface area contributed by atoms with Crippen LogP contribution in [0, 0.1) is 19.3 Å². The lowest BCUT2D eigenvalue weighted by Crippen LogP contribution is -2.56. The van der Waals surface area contributed by atoms with Crippen molar-refractivity contribution in [1.29, 1.82) is 0 Å². The summed E-state index contributed by atoms with van der Waals surface area (Å²) < 4.78 is 5.14. The lowest BCUT2D eigenvalue weighted by Gasteiger charge is -2.46. The van der Waals surface area contributed by atoms with E-state index in [0.29, 0.717) is 25.1 Å². The molecule has 0 unspecified atom stereocenters. The first-order chi connectivity index (χ1) is 12.0. The van der Waals surface area contributed by atoms with E-state index in [1.807, 2.05) is 13.8 Å². The maximum absolute atomic E-state index is 12.5. The molecule has 0 radical (unpaired) electrons. The molecule has 3 rings (SSSR count). The summed E-state index contributed by atoms with van der Waals surface area (Å²) in [5, 5.41) is 7.05. The van der Waals surface area contributed by atoms with E-state index >= 15 is 0 Å². The zero-order valence-electron chi connectivity index (χ0n) is 15.6. The second kappa shape index (κ2) is 7.18. The number of nitrogens with zero attached hydrogens (tertiary/aromatic N) is 2. The third kappa shape index (κ3) is 3.44. The van der Waals surface area contributed by atoms with Gasteiger partial charge in [0.25, 0.3) is 0 Å². The smallest absolute Gasteiger partial charge is 0.224 e. The molecule has 1 N–H and O–H groups in total. The van der Waals surface area contributed by atoms with Crippen LogP contribution in [0.15, 0.2) is 4.52 Å². The normalized spacial score (nSPS) is 26.0. The Morgan fingerprint density at radius 1 is 1.40 bits per heavy atom. The molecular formula is C19H29N3O3. The van der Waals surface area contributed by atoms with Gasteiger partial charge < -0.3 is 14.7 Å². The average Bonchev–Trinajstić information content (AvgIpc) is 3.15. The number of fused-ring (bicyclic) bond motifs is 1. The summed E-state index contributed by atoms with van der Waals surface area (Å²) in [5.41, 5.74) is 1.71. The summed E-state index contributed by atoms with van der Waals surface area (Å²) in [4.78, 5) is 26.8. The molecule has 6 nitrogen and oxygen atoms in total. The molecule has 6 heteroatoms. The number of rotatable bonds is 6. The lowest BCUT2D eigenvalue weighted by atomic mass is 9.74. The van der Waals surface area contributed by atoms with Crippen molar-refractivity contribution in [2.75, 3.05) is 13.1 Å². The van der Waals surface area contributed by atoms with E-state index in [0.717, 1.165) is 49.9 Å². The highest BCUT2D eigenvalue weighted by atomic mass is 16.5. The van der Waals surface area contributed by atoms with Crippen LogP contribution in [0.4, 0.5) is 0 Å². The molecule has 2 fully saturated rings. The molecule has 2 amide bonds. The molecule has 2 heterocycles. The van der Waals surface area contributed by atoms with Crippen LogP contribution < -0.4 is 5.32 Å². The largest absolute Gasteiger partial charge is 0.361 e. The zero-order valence-corrected chi connectivity index (χ0v) is 15.6. The first-order valence-corrected chi connectivity index (χ1v) is 9.45. The Balaban J connectivity index is 1.65. The molecule has 2 atom stereocenters. The van der Waals surface area contributed by atoms with Crippen LogP contribution in [0.2, 0.25) is 0 Å². The fourth-order valence-electron chi connectivity index (χ4n) is 4.64. The number of carbonyl (C=O) groups is 2. The Labute approximate surface area is 149 Å². The van der Waals surface area contributed by atoms with Crippen LogP contribution in [0.25, 0.3) is 0 Å². The number of nitrogens with one attached hydrogen (secondary N) is 1. The van der Waals surface area contributed by atoms with E-state index < -0.39 is 0 Å². The lowest BCUT2D eigenvalue weighted by molar-refractivity contribution is -0.141. The summed E-state index contributed by atoms with van der Waals surface area (Å²) in [6.07, 6.45) is 6.08. The van der Waals surface area contributed by atoms with Crippen molar-refractivity contribution in [2.24, 2.45) is 5.41 Å². The number of aryl methyl sites for hydroxylation is 2. The average molecular weight is 347 g/mol. The molecule has 0 bridgehead atoms. The molecule has 2 aliphatic rings. The van der Waals surface area contributed by atoms with Crippen molar-refractivity contribution >= 4 is 11.8 Å². The van der Waals surface area contributed by atoms with Gasteiger partial charge in [0.15, 0.2) is 0 Å². The molecule has 1 saturated carbocycles. The molecule has 0 aromatic carbocycles. The SMILES string of the molecule is CCCN1C(=O)CC[C@]2(CNC(=O)Cc3c(C)noc3C)CCC[C@@H]12. The van der Waals surface area contributed by atoms with Gasteiger partial charge in [0.05, 0.1) is 12.1 Å². The fourth-order valence-corrected chi connectivity index (χ4v) is 4.64. The van der Waals surface area contributed by atoms with Gasteiger partial charge in [-0.1, -0.05) is 18.5 Å². The Hall–Kier alpha value is -1.85. The maximum atomic E-state index is 12.5. The van der Waals surface area contributed by atoms with E-state index in [4.69, 9.17) is 4.52 Å². The molecule has 0 spiro atoms. The van der Waals surface area contributed by atoms with Crippen molar-refractivity contribution in [3.63, 3.8) is 0 Å². The zero-order chi connectivity index (χ0) is 18.0. The van der Waals surface area contributed by atoms with E-state index in [-0.39, 0.29) is 23.3 Å². The molecule has 1 saturated heterocycles. The van der Waals surface area contributed by atoms with E-state index in [1.165, 1.54) is 0 Å². The summed E-state index contributed by atoms with van der Waals surface area (Å²) >= 11 is 0. The summed E-state index contributed by atoms with van der Waals surface area (Å²) in [7, 11) is 0. The predicted molar refractivity (Wildman–Crippen MR) is 94.0 cm³/mol. The van der Waals surface area contributed by atoms with Gasteiger partial charge in [-0.25, -0.2) is 0 Å². The highest BCUT2D eigenvalue weighted by Gasteiger charge is 2.49. The number of likely N-dealkylation sites (tertiary alicyclic amines) is 1. The van der Waals surface area contributed by atoms with Gasteiger partial charge >= 0.3 is 0 Å². The van der Waals surface area contributed by atoms with Crippen LogP contribution in [0.3, 0.4) is 0 Å². The number of hydrogen-bond acceptors (Lipinski definition) is 4. The number of amides is 2. The highest BCUT2D eigenvalue weighted by molar-refractivity contribution is 5.79. The first kappa shape index (κ1) is 18.0. The Bertz CT molecular complexity index is 635. The fraction of sp³-hybridized carbons (Fsp3) is 0.737. The number of aromatic nitrogens is 1. The third-order valence-electron chi connectivity index (χ3n) is 6.01. The standard InChI is InChI=1S/C19H29N3O3/c1-4-10-22-16-6-5-8-19(16,9-7-18(22)24)12-20-17(23)11-15-13(2)21-25-14(15)3/h16H,4-12H2,1-3H3,(H,20,23)/t16-,19+/m1/s1. The van der Waals surface area contributed by atoms with Gasteiger partial charge in [-0.05, 0) is 39.5 Å². The van der Waals surface area contributed by atoms with Gasteiger partial charge in [0, 0.05) is 36.5 Å². The van der Waals surface area contributed by atoms with Gasteiger partial charge in [-0.3, -0.25) is 9.59 Å². The molecule has 1 aromatic heterocycles. The predicted octanol–water partition coefficient (Wildman–Crippen LogP) is 2.52. The molecule has 138 valence electrons. The van der Waals surface area contributed by atoms with Gasteiger partial charge in [0.2, 0.25) is 11.8 Å². The molecule has 1 aromatic rings. The monoisotopic (exact) mass is 347 g/mol. The quantitative estimate of drug-likeness (QED) is 0.858. The van der Waals surface area contributed by atoms with Gasteiger partial charge in [-0.2, -0.15) is 0 Å². The molecule has 1 aliphatic heterocycles. The number of carbonyl (C=O) groups excluding carboxylic acids is 2. The number of piperidine rings is 1. The van der Waals surface area contributed by atoms with Crippen molar-refractivity contribution in [3.05, 3.63) is 17.0 Å². The first-order valence-electron chi connectivity index (χ1n) is 9.45. The third-order valence-corrected chi connectivity index (χ3v) is 6.01. The highest BCUT2D eigenvalue weighted by Crippen LogP contribution is 2.47. The van der Waals surface area contributed by atoms with Crippen LogP contribution in [-0.4, -0.2) is 41.0 Å². The summed E-state index contributed by atoms with van der Waals surface area (Å²) in [5.74, 6) is 1.00. The summed E-state index contributed by atoms with van der Waals surface area (Å²) in [6.45, 7) is 7.30. The van der Waals surface area contributed by atoms with Crippen molar-refractivity contribution in [2.45, 2.75) is 71.8 Å². The van der Waals surface area contributed by atoms with Gasteiger partial charge in [-0.15, -0.1) is 0 Å². The van der Waals surface area contributed by atoms with Gasteiger partial charge in [0.1, 0.15) is 5.76 Å². The van der Waals surface area contributed by atoms with Crippen LogP contribution in [0.1, 0.15) is 62.5 Å². The van der Waals surface area contributed by atoms with Crippen molar-refractivity contribution in [1.82, 2.24) is 15.4 Å². The Morgan fingerprint density at radius 2 is 2.20 bits per heavy atom. The van der Waals surface area contributed by atoms with Crippen LogP contribution in [-0.2, 0) is 16.0 Å². The van der Waals surface area contributed by atoms with E-state index in [1.54, 1.807) is 0 Å². The molecular weight excluding hydrogens is 318 g/mol. The van der Waals surface area contributed by atoms with E-state index in [9.17, 15) is 9.59 Å².